The Labute approximate surface area is 107 Å². The van der Waals surface area contributed by atoms with Gasteiger partial charge in [0.15, 0.2) is 6.29 Å². The highest BCUT2D eigenvalue weighted by Gasteiger charge is 2.24. The Morgan fingerprint density at radius 3 is 2.94 bits per heavy atom. The van der Waals surface area contributed by atoms with Gasteiger partial charge >= 0.3 is 0 Å². The van der Waals surface area contributed by atoms with Crippen LogP contribution in [0.2, 0.25) is 0 Å². The Balaban J connectivity index is 2.15. The molecule has 3 rings (SSSR count). The fourth-order valence-corrected chi connectivity index (χ4v) is 2.44. The highest BCUT2D eigenvalue weighted by Crippen LogP contribution is 2.40. The molecule has 0 N–H and O–H groups in total. The summed E-state index contributed by atoms with van der Waals surface area (Å²) in [5, 5.41) is 0. The molecule has 94 valence electrons. The van der Waals surface area contributed by atoms with Crippen LogP contribution in [0.1, 0.15) is 66.7 Å². The maximum Gasteiger partial charge on any atom is 0.168 e. The van der Waals surface area contributed by atoms with Crippen molar-refractivity contribution < 1.29 is 4.79 Å². The van der Waals surface area contributed by atoms with Gasteiger partial charge in [-0.25, -0.2) is 4.98 Å². The molecule has 1 aliphatic carbocycles. The first kappa shape index (κ1) is 11.5. The number of fused-ring (bicyclic) bond motifs is 1. The van der Waals surface area contributed by atoms with E-state index in [0.29, 0.717) is 11.6 Å². The van der Waals surface area contributed by atoms with Gasteiger partial charge in [-0.1, -0.05) is 13.8 Å². The zero-order chi connectivity index (χ0) is 12.7. The third-order valence-electron chi connectivity index (χ3n) is 3.96. The second-order valence-electron chi connectivity index (χ2n) is 5.27. The summed E-state index contributed by atoms with van der Waals surface area (Å²) in [6.07, 6.45) is 6.50. The van der Waals surface area contributed by atoms with Gasteiger partial charge in [-0.3, -0.25) is 9.20 Å². The Hall–Kier alpha value is -1.64. The number of aromatic nitrogens is 2. The van der Waals surface area contributed by atoms with E-state index in [1.54, 1.807) is 0 Å². The minimum absolute atomic E-state index is 0.328. The summed E-state index contributed by atoms with van der Waals surface area (Å²) in [7, 11) is 0. The Morgan fingerprint density at radius 2 is 2.33 bits per heavy atom. The summed E-state index contributed by atoms with van der Waals surface area (Å²) >= 11 is 0. The van der Waals surface area contributed by atoms with Gasteiger partial charge < -0.3 is 0 Å². The zero-order valence-electron chi connectivity index (χ0n) is 10.9. The molecule has 1 aliphatic rings. The summed E-state index contributed by atoms with van der Waals surface area (Å²) in [6, 6.07) is 4.26. The van der Waals surface area contributed by atoms with Crippen molar-refractivity contribution in [2.75, 3.05) is 0 Å². The molecule has 1 saturated carbocycles. The third-order valence-corrected chi connectivity index (χ3v) is 3.96. The van der Waals surface area contributed by atoms with Crippen LogP contribution in [0.4, 0.5) is 0 Å². The Kier molecular flexibility index (Phi) is 2.69. The van der Waals surface area contributed by atoms with E-state index >= 15 is 0 Å². The highest BCUT2D eigenvalue weighted by atomic mass is 16.1. The summed E-state index contributed by atoms with van der Waals surface area (Å²) in [4.78, 5) is 15.9. The average molecular weight is 242 g/mol. The highest BCUT2D eigenvalue weighted by molar-refractivity contribution is 5.77. The van der Waals surface area contributed by atoms with Crippen LogP contribution in [-0.4, -0.2) is 15.7 Å². The van der Waals surface area contributed by atoms with Gasteiger partial charge in [0.2, 0.25) is 0 Å². The molecule has 0 aromatic carbocycles. The van der Waals surface area contributed by atoms with Crippen LogP contribution >= 0.6 is 0 Å². The molecule has 1 fully saturated rings. The molecule has 2 aromatic heterocycles. The van der Waals surface area contributed by atoms with E-state index in [1.165, 1.54) is 18.4 Å². The lowest BCUT2D eigenvalue weighted by Gasteiger charge is -2.04. The van der Waals surface area contributed by atoms with E-state index in [9.17, 15) is 4.79 Å². The minimum Gasteiger partial charge on any atom is -0.297 e. The van der Waals surface area contributed by atoms with Crippen molar-refractivity contribution in [1.82, 2.24) is 9.38 Å². The van der Waals surface area contributed by atoms with E-state index in [0.717, 1.165) is 30.0 Å². The molecule has 0 spiro atoms. The monoisotopic (exact) mass is 242 g/mol. The molecule has 18 heavy (non-hydrogen) atoms. The van der Waals surface area contributed by atoms with Crippen molar-refractivity contribution in [2.24, 2.45) is 0 Å². The van der Waals surface area contributed by atoms with Crippen LogP contribution in [0.15, 0.2) is 18.3 Å². The number of imidazole rings is 1. The largest absolute Gasteiger partial charge is 0.297 e. The lowest BCUT2D eigenvalue weighted by molar-refractivity contribution is 0.111. The average Bonchev–Trinajstić information content (AvgIpc) is 3.18. The van der Waals surface area contributed by atoms with Gasteiger partial charge in [0, 0.05) is 12.1 Å². The lowest BCUT2D eigenvalue weighted by Crippen LogP contribution is -1.98. The smallest absolute Gasteiger partial charge is 0.168 e. The topological polar surface area (TPSA) is 34.4 Å². The van der Waals surface area contributed by atoms with Crippen molar-refractivity contribution in [1.29, 1.82) is 0 Å². The molecule has 0 radical (unpaired) electrons. The van der Waals surface area contributed by atoms with Crippen LogP contribution in [0.5, 0.6) is 0 Å². The first-order valence-electron chi connectivity index (χ1n) is 6.71. The van der Waals surface area contributed by atoms with Crippen LogP contribution < -0.4 is 0 Å². The molecule has 0 saturated heterocycles. The van der Waals surface area contributed by atoms with E-state index < -0.39 is 0 Å². The zero-order valence-corrected chi connectivity index (χ0v) is 10.9. The number of hydrogen-bond acceptors (Lipinski definition) is 2. The van der Waals surface area contributed by atoms with Crippen LogP contribution in [0.3, 0.4) is 0 Å². The van der Waals surface area contributed by atoms with E-state index in [-0.39, 0.29) is 0 Å². The van der Waals surface area contributed by atoms with Crippen molar-refractivity contribution >= 4 is 11.9 Å². The van der Waals surface area contributed by atoms with Gasteiger partial charge in [-0.05, 0) is 42.9 Å². The molecule has 3 nitrogen and oxygen atoms in total. The molecule has 0 aliphatic heterocycles. The number of pyridine rings is 1. The minimum atomic E-state index is 0.328. The summed E-state index contributed by atoms with van der Waals surface area (Å²) in [6.45, 7) is 4.25. The fraction of sp³-hybridized carbons (Fsp3) is 0.467. The quantitative estimate of drug-likeness (QED) is 0.768. The van der Waals surface area contributed by atoms with E-state index in [4.69, 9.17) is 0 Å². The molecular weight excluding hydrogens is 224 g/mol. The van der Waals surface area contributed by atoms with E-state index in [2.05, 4.69) is 31.0 Å². The molecule has 0 bridgehead atoms. The van der Waals surface area contributed by atoms with Crippen molar-refractivity contribution in [3.05, 3.63) is 35.3 Å². The molecule has 1 unspecified atom stereocenters. The predicted octanol–water partition coefficient (Wildman–Crippen LogP) is 3.54. The van der Waals surface area contributed by atoms with Crippen molar-refractivity contribution in [2.45, 2.75) is 44.9 Å². The molecular formula is C15H18N2O. The number of carbonyl (C=O) groups excluding carboxylic acids is 1. The number of nitrogens with zero attached hydrogens (tertiary/aromatic N) is 2. The molecule has 0 amide bonds. The van der Waals surface area contributed by atoms with Crippen molar-refractivity contribution in [3.63, 3.8) is 0 Å². The Morgan fingerprint density at radius 1 is 1.56 bits per heavy atom. The normalized spacial score (nSPS) is 17.0. The SMILES string of the molecule is CCC(C)c1nc2cc(C3CC3)ccn2c1C=O. The van der Waals surface area contributed by atoms with Crippen molar-refractivity contribution in [3.8, 4) is 0 Å². The van der Waals surface area contributed by atoms with Crippen LogP contribution in [-0.2, 0) is 0 Å². The number of rotatable bonds is 4. The van der Waals surface area contributed by atoms with E-state index in [1.807, 2.05) is 10.6 Å². The second-order valence-corrected chi connectivity index (χ2v) is 5.27. The predicted molar refractivity (Wildman–Crippen MR) is 71.3 cm³/mol. The molecule has 3 heteroatoms. The number of aldehydes is 1. The number of carbonyl (C=O) groups is 1. The molecule has 1 atom stereocenters. The standard InChI is InChI=1S/C15H18N2O/c1-3-10(2)15-13(9-18)17-7-6-12(11-4-5-11)8-14(17)16-15/h6-11H,3-5H2,1-2H3. The Bertz CT molecular complexity index is 596. The lowest BCUT2D eigenvalue weighted by atomic mass is 10.0. The van der Waals surface area contributed by atoms with Gasteiger partial charge in [-0.2, -0.15) is 0 Å². The maximum absolute atomic E-state index is 11.3. The molecule has 2 heterocycles. The summed E-state index contributed by atoms with van der Waals surface area (Å²) < 4.78 is 1.92. The van der Waals surface area contributed by atoms with Gasteiger partial charge in [0.05, 0.1) is 5.69 Å². The molecule has 2 aromatic rings. The summed E-state index contributed by atoms with van der Waals surface area (Å²) in [5.41, 5.74) is 3.92. The van der Waals surface area contributed by atoms with Gasteiger partial charge in [-0.15, -0.1) is 0 Å². The van der Waals surface area contributed by atoms with Crippen LogP contribution in [0.25, 0.3) is 5.65 Å². The maximum atomic E-state index is 11.3. The van der Waals surface area contributed by atoms with Crippen LogP contribution in [0, 0.1) is 0 Å². The van der Waals surface area contributed by atoms with Gasteiger partial charge in [0.25, 0.3) is 0 Å². The third kappa shape index (κ3) is 1.74. The number of hydrogen-bond donors (Lipinski definition) is 0. The second kappa shape index (κ2) is 4.23. The fourth-order valence-electron chi connectivity index (χ4n) is 2.44. The first-order chi connectivity index (χ1) is 8.74. The summed E-state index contributed by atoms with van der Waals surface area (Å²) in [5.74, 6) is 1.05. The van der Waals surface area contributed by atoms with Gasteiger partial charge in [0.1, 0.15) is 11.3 Å². The first-order valence-corrected chi connectivity index (χ1v) is 6.71.